The van der Waals surface area contributed by atoms with E-state index in [2.05, 4.69) is 42.9 Å². The largest absolute Gasteiger partial charge is 0.337 e. The summed E-state index contributed by atoms with van der Waals surface area (Å²) < 4.78 is 0.952. The lowest BCUT2D eigenvalue weighted by Gasteiger charge is -2.14. The molecule has 0 amide bonds. The van der Waals surface area contributed by atoms with Gasteiger partial charge in [0.25, 0.3) is 0 Å². The van der Waals surface area contributed by atoms with Crippen LogP contribution in [0.15, 0.2) is 42.9 Å². The van der Waals surface area contributed by atoms with Crippen molar-refractivity contribution in [3.05, 3.63) is 61.6 Å². The van der Waals surface area contributed by atoms with Gasteiger partial charge in [-0.3, -0.25) is 4.98 Å². The van der Waals surface area contributed by atoms with E-state index in [1.807, 2.05) is 24.3 Å². The summed E-state index contributed by atoms with van der Waals surface area (Å²) in [4.78, 5) is 13.0. The van der Waals surface area contributed by atoms with E-state index < -0.39 is 0 Å². The molecule has 0 radical (unpaired) electrons. The Bertz CT molecular complexity index is 1110. The summed E-state index contributed by atoms with van der Waals surface area (Å²) in [5.41, 5.74) is 1.34. The molecule has 4 nitrogen and oxygen atoms in total. The second-order valence-corrected chi connectivity index (χ2v) is 7.67. The van der Waals surface area contributed by atoms with Gasteiger partial charge in [0.1, 0.15) is 11.0 Å². The van der Waals surface area contributed by atoms with Gasteiger partial charge >= 0.3 is 0 Å². The van der Waals surface area contributed by atoms with Crippen LogP contribution in [-0.4, -0.2) is 15.0 Å². The molecule has 0 aliphatic carbocycles. The maximum Gasteiger partial charge on any atom is 0.139 e. The predicted molar refractivity (Wildman–Crippen MR) is 112 cm³/mol. The van der Waals surface area contributed by atoms with Crippen LogP contribution in [0, 0.1) is 3.57 Å². The fourth-order valence-electron chi connectivity index (χ4n) is 2.62. The summed E-state index contributed by atoms with van der Waals surface area (Å²) in [6, 6.07) is 7.33. The molecule has 4 rings (SSSR count). The molecule has 4 aromatic rings. The SMILES string of the molecule is Clc1cc(I)cc(Cl)c1Nc1nc2ccncc2c2c(Cl)nccc12. The highest BCUT2D eigenvalue weighted by Gasteiger charge is 2.15. The van der Waals surface area contributed by atoms with Crippen LogP contribution >= 0.6 is 57.4 Å². The van der Waals surface area contributed by atoms with Gasteiger partial charge in [0, 0.05) is 38.3 Å². The van der Waals surface area contributed by atoms with Crippen molar-refractivity contribution in [1.82, 2.24) is 15.0 Å². The summed E-state index contributed by atoms with van der Waals surface area (Å²) in [6.45, 7) is 0. The van der Waals surface area contributed by atoms with Gasteiger partial charge in [-0.15, -0.1) is 0 Å². The van der Waals surface area contributed by atoms with Gasteiger partial charge in [-0.1, -0.05) is 34.8 Å². The molecule has 0 bridgehead atoms. The van der Waals surface area contributed by atoms with E-state index in [4.69, 9.17) is 34.8 Å². The van der Waals surface area contributed by atoms with E-state index in [0.29, 0.717) is 26.7 Å². The van der Waals surface area contributed by atoms with Crippen molar-refractivity contribution >= 4 is 90.6 Å². The Kier molecular flexibility index (Phi) is 4.58. The molecule has 0 spiro atoms. The van der Waals surface area contributed by atoms with E-state index in [1.165, 1.54) is 0 Å². The highest BCUT2D eigenvalue weighted by molar-refractivity contribution is 14.1. The Morgan fingerprint density at radius 3 is 2.48 bits per heavy atom. The molecular formula is C17H8Cl3IN4. The third-order valence-corrected chi connectivity index (χ3v) is 5.22. The summed E-state index contributed by atoms with van der Waals surface area (Å²) in [5, 5.41) is 7.09. The third kappa shape index (κ3) is 3.10. The smallest absolute Gasteiger partial charge is 0.139 e. The monoisotopic (exact) mass is 500 g/mol. The van der Waals surface area contributed by atoms with Crippen molar-refractivity contribution in [1.29, 1.82) is 0 Å². The minimum atomic E-state index is 0.390. The van der Waals surface area contributed by atoms with Crippen LogP contribution in [0.3, 0.4) is 0 Å². The summed E-state index contributed by atoms with van der Waals surface area (Å²) in [5.74, 6) is 0.600. The fraction of sp³-hybridized carbons (Fsp3) is 0. The second kappa shape index (κ2) is 6.72. The maximum absolute atomic E-state index is 6.36. The van der Waals surface area contributed by atoms with E-state index in [-0.39, 0.29) is 0 Å². The van der Waals surface area contributed by atoms with E-state index in [1.54, 1.807) is 18.6 Å². The van der Waals surface area contributed by atoms with Crippen molar-refractivity contribution < 1.29 is 0 Å². The first-order valence-electron chi connectivity index (χ1n) is 7.14. The number of anilines is 2. The van der Waals surface area contributed by atoms with Crippen molar-refractivity contribution in [3.63, 3.8) is 0 Å². The number of nitrogens with one attached hydrogen (secondary N) is 1. The van der Waals surface area contributed by atoms with Crippen LogP contribution in [0.5, 0.6) is 0 Å². The lowest BCUT2D eigenvalue weighted by atomic mass is 10.1. The van der Waals surface area contributed by atoms with Crippen LogP contribution in [-0.2, 0) is 0 Å². The lowest BCUT2D eigenvalue weighted by Crippen LogP contribution is -1.99. The van der Waals surface area contributed by atoms with Gasteiger partial charge in [-0.25, -0.2) is 9.97 Å². The zero-order valence-electron chi connectivity index (χ0n) is 12.4. The van der Waals surface area contributed by atoms with Crippen LogP contribution < -0.4 is 5.32 Å². The van der Waals surface area contributed by atoms with Gasteiger partial charge in [0.15, 0.2) is 0 Å². The number of rotatable bonds is 2. The topological polar surface area (TPSA) is 50.7 Å². The number of benzene rings is 1. The summed E-state index contributed by atoms with van der Waals surface area (Å²) >= 11 is 21.2. The lowest BCUT2D eigenvalue weighted by molar-refractivity contribution is 1.31. The number of nitrogens with zero attached hydrogens (tertiary/aromatic N) is 3. The number of hydrogen-bond acceptors (Lipinski definition) is 4. The van der Waals surface area contributed by atoms with Crippen LogP contribution in [0.1, 0.15) is 0 Å². The van der Waals surface area contributed by atoms with Gasteiger partial charge in [0.2, 0.25) is 0 Å². The maximum atomic E-state index is 6.36. The Morgan fingerprint density at radius 2 is 1.72 bits per heavy atom. The molecule has 8 heteroatoms. The number of halogens is 4. The molecule has 0 atom stereocenters. The molecule has 0 unspecified atom stereocenters. The molecule has 25 heavy (non-hydrogen) atoms. The molecule has 0 aliphatic heterocycles. The molecule has 0 saturated carbocycles. The highest BCUT2D eigenvalue weighted by Crippen LogP contribution is 2.38. The van der Waals surface area contributed by atoms with Crippen LogP contribution in [0.25, 0.3) is 21.7 Å². The number of fused-ring (bicyclic) bond motifs is 3. The van der Waals surface area contributed by atoms with Gasteiger partial charge in [0.05, 0.1) is 21.2 Å². The molecule has 1 N–H and O–H groups in total. The highest BCUT2D eigenvalue weighted by atomic mass is 127. The Balaban J connectivity index is 2.00. The van der Waals surface area contributed by atoms with Crippen LogP contribution in [0.4, 0.5) is 11.5 Å². The van der Waals surface area contributed by atoms with Crippen molar-refractivity contribution in [2.24, 2.45) is 0 Å². The molecule has 1 aromatic carbocycles. The molecule has 0 fully saturated rings. The van der Waals surface area contributed by atoms with Crippen LogP contribution in [0.2, 0.25) is 15.2 Å². The minimum Gasteiger partial charge on any atom is -0.337 e. The van der Waals surface area contributed by atoms with Crippen molar-refractivity contribution in [2.45, 2.75) is 0 Å². The van der Waals surface area contributed by atoms with Crippen molar-refractivity contribution in [2.75, 3.05) is 5.32 Å². The molecule has 3 heterocycles. The second-order valence-electron chi connectivity index (χ2n) is 5.25. The van der Waals surface area contributed by atoms with E-state index in [9.17, 15) is 0 Å². The van der Waals surface area contributed by atoms with Crippen molar-refractivity contribution in [3.8, 4) is 0 Å². The third-order valence-electron chi connectivity index (χ3n) is 3.71. The molecule has 3 aromatic heterocycles. The Labute approximate surface area is 171 Å². The van der Waals surface area contributed by atoms with Gasteiger partial charge < -0.3 is 5.32 Å². The number of aromatic nitrogens is 3. The summed E-state index contributed by atoms with van der Waals surface area (Å²) in [6.07, 6.45) is 5.05. The quantitative estimate of drug-likeness (QED) is 0.194. The first kappa shape index (κ1) is 17.0. The first-order chi connectivity index (χ1) is 12.0. The van der Waals surface area contributed by atoms with E-state index >= 15 is 0 Å². The zero-order valence-corrected chi connectivity index (χ0v) is 16.8. The number of pyridine rings is 3. The number of hydrogen-bond donors (Lipinski definition) is 1. The predicted octanol–water partition coefficient (Wildman–Crippen LogP) is 6.49. The van der Waals surface area contributed by atoms with E-state index in [0.717, 1.165) is 25.2 Å². The first-order valence-corrected chi connectivity index (χ1v) is 9.35. The normalized spacial score (nSPS) is 11.2. The van der Waals surface area contributed by atoms with Gasteiger partial charge in [-0.2, -0.15) is 0 Å². The average molecular weight is 502 g/mol. The molecule has 0 saturated heterocycles. The standard InChI is InChI=1S/C17H8Cl3IN4/c18-11-5-8(21)6-12(19)15(11)25-17-9-1-4-23-16(20)14(9)10-7-22-3-2-13(10)24-17/h1-7H,(H,24,25). The minimum absolute atomic E-state index is 0.390. The average Bonchev–Trinajstić information content (AvgIpc) is 2.58. The van der Waals surface area contributed by atoms with Gasteiger partial charge in [-0.05, 0) is 46.9 Å². The molecule has 0 aliphatic rings. The molecular weight excluding hydrogens is 493 g/mol. The fourth-order valence-corrected chi connectivity index (χ4v) is 4.46. The Hall–Kier alpha value is -1.41. The summed E-state index contributed by atoms with van der Waals surface area (Å²) in [7, 11) is 0. The molecule has 124 valence electrons. The zero-order chi connectivity index (χ0) is 17.6. The Morgan fingerprint density at radius 1 is 0.960 bits per heavy atom.